The number of unbranched alkanes of at least 4 members (excludes halogenated alkanes) is 6. The van der Waals surface area contributed by atoms with E-state index in [9.17, 15) is 4.79 Å². The molecule has 0 aliphatic heterocycles. The maximum absolute atomic E-state index is 9.60. The van der Waals surface area contributed by atoms with Gasteiger partial charge in [-0.15, -0.1) is 0 Å². The van der Waals surface area contributed by atoms with Gasteiger partial charge in [-0.25, -0.2) is 4.79 Å². The first kappa shape index (κ1) is 21.4. The first-order valence-corrected chi connectivity index (χ1v) is 7.51. The number of hydrogen-bond acceptors (Lipinski definition) is 3. The van der Waals surface area contributed by atoms with Crippen LogP contribution in [0.4, 0.5) is 0 Å². The topological polar surface area (TPSA) is 55.8 Å². The van der Waals surface area contributed by atoms with E-state index in [2.05, 4.69) is 13.5 Å². The molecule has 0 aliphatic carbocycles. The van der Waals surface area contributed by atoms with E-state index in [4.69, 9.17) is 14.6 Å². The SMILES string of the molecule is C=C(C)C(=O)O.CCCCCCCCCOCCOC. The minimum absolute atomic E-state index is 0.176. The standard InChI is InChI=1S/C12H26O2.C4H6O2/c1-3-4-5-6-7-8-9-10-14-12-11-13-2;1-3(2)4(5)6/h3-12H2,1-2H3;1H2,2H3,(H,5,6). The Bertz CT molecular complexity index is 203. The molecule has 0 aromatic carbocycles. The molecule has 0 spiro atoms. The minimum Gasteiger partial charge on any atom is -0.478 e. The van der Waals surface area contributed by atoms with Crippen molar-refractivity contribution in [3.63, 3.8) is 0 Å². The van der Waals surface area contributed by atoms with Crippen LogP contribution < -0.4 is 0 Å². The largest absolute Gasteiger partial charge is 0.478 e. The zero-order valence-electron chi connectivity index (χ0n) is 13.5. The fraction of sp³-hybridized carbons (Fsp3) is 0.812. The predicted octanol–water partition coefficient (Wildman–Crippen LogP) is 4.05. The van der Waals surface area contributed by atoms with Crippen LogP contribution in [-0.4, -0.2) is 38.0 Å². The van der Waals surface area contributed by atoms with Gasteiger partial charge in [-0.3, -0.25) is 0 Å². The molecule has 0 saturated heterocycles. The van der Waals surface area contributed by atoms with Crippen LogP contribution in [-0.2, 0) is 14.3 Å². The average molecular weight is 288 g/mol. The van der Waals surface area contributed by atoms with Crippen molar-refractivity contribution in [3.05, 3.63) is 12.2 Å². The van der Waals surface area contributed by atoms with Gasteiger partial charge in [0.1, 0.15) is 0 Å². The van der Waals surface area contributed by atoms with Crippen LogP contribution >= 0.6 is 0 Å². The number of carboxylic acids is 1. The first-order chi connectivity index (χ1) is 9.56. The zero-order valence-corrected chi connectivity index (χ0v) is 13.5. The number of aliphatic carboxylic acids is 1. The maximum atomic E-state index is 9.60. The zero-order chi connectivity index (χ0) is 15.6. The van der Waals surface area contributed by atoms with Crippen LogP contribution in [0.25, 0.3) is 0 Å². The maximum Gasteiger partial charge on any atom is 0.330 e. The van der Waals surface area contributed by atoms with Gasteiger partial charge in [-0.2, -0.15) is 0 Å². The Morgan fingerprint density at radius 1 is 1.00 bits per heavy atom. The number of methoxy groups -OCH3 is 1. The van der Waals surface area contributed by atoms with Crippen molar-refractivity contribution >= 4 is 5.97 Å². The Kier molecular flexibility index (Phi) is 19.4. The van der Waals surface area contributed by atoms with E-state index in [1.54, 1.807) is 7.11 Å². The number of ether oxygens (including phenoxy) is 2. The van der Waals surface area contributed by atoms with Gasteiger partial charge in [0, 0.05) is 19.3 Å². The van der Waals surface area contributed by atoms with Crippen molar-refractivity contribution in [1.29, 1.82) is 0 Å². The molecule has 0 unspecified atom stereocenters. The number of carboxylic acid groups (broad SMARTS) is 1. The minimum atomic E-state index is -0.935. The van der Waals surface area contributed by atoms with Gasteiger partial charge < -0.3 is 14.6 Å². The summed E-state index contributed by atoms with van der Waals surface area (Å²) in [6.45, 7) is 9.22. The fourth-order valence-corrected chi connectivity index (χ4v) is 1.41. The molecule has 0 fully saturated rings. The summed E-state index contributed by atoms with van der Waals surface area (Å²) in [5, 5.41) is 7.89. The predicted molar refractivity (Wildman–Crippen MR) is 83.1 cm³/mol. The molecule has 0 bridgehead atoms. The summed E-state index contributed by atoms with van der Waals surface area (Å²) in [6, 6.07) is 0. The summed E-state index contributed by atoms with van der Waals surface area (Å²) in [7, 11) is 1.71. The van der Waals surface area contributed by atoms with Crippen LogP contribution in [0.2, 0.25) is 0 Å². The summed E-state index contributed by atoms with van der Waals surface area (Å²) in [5.74, 6) is -0.935. The van der Waals surface area contributed by atoms with Crippen LogP contribution in [0.3, 0.4) is 0 Å². The second-order valence-electron chi connectivity index (χ2n) is 4.81. The summed E-state index contributed by atoms with van der Waals surface area (Å²) >= 11 is 0. The summed E-state index contributed by atoms with van der Waals surface area (Å²) in [4.78, 5) is 9.60. The lowest BCUT2D eigenvalue weighted by molar-refractivity contribution is -0.132. The van der Waals surface area contributed by atoms with Crippen LogP contribution in [0, 0.1) is 0 Å². The Balaban J connectivity index is 0. The quantitative estimate of drug-likeness (QED) is 0.435. The molecule has 0 amide bonds. The van der Waals surface area contributed by atoms with E-state index in [1.165, 1.54) is 51.9 Å². The highest BCUT2D eigenvalue weighted by Crippen LogP contribution is 2.06. The second-order valence-corrected chi connectivity index (χ2v) is 4.81. The lowest BCUT2D eigenvalue weighted by atomic mass is 10.1. The molecular formula is C16H32O4. The van der Waals surface area contributed by atoms with Crippen LogP contribution in [0.5, 0.6) is 0 Å². The number of carbonyl (C=O) groups is 1. The fourth-order valence-electron chi connectivity index (χ4n) is 1.41. The van der Waals surface area contributed by atoms with Gasteiger partial charge in [0.2, 0.25) is 0 Å². The van der Waals surface area contributed by atoms with E-state index < -0.39 is 5.97 Å². The van der Waals surface area contributed by atoms with Gasteiger partial charge in [0.05, 0.1) is 13.2 Å². The molecule has 1 N–H and O–H groups in total. The van der Waals surface area contributed by atoms with Crippen LogP contribution in [0.15, 0.2) is 12.2 Å². The molecule has 0 rings (SSSR count). The highest BCUT2D eigenvalue weighted by molar-refractivity contribution is 5.84. The van der Waals surface area contributed by atoms with Crippen molar-refractivity contribution in [3.8, 4) is 0 Å². The molecule has 0 aromatic heterocycles. The molecule has 120 valence electrons. The lowest BCUT2D eigenvalue weighted by Gasteiger charge is -2.03. The molecule has 0 aliphatic rings. The molecular weight excluding hydrogens is 256 g/mol. The molecule has 0 atom stereocenters. The van der Waals surface area contributed by atoms with E-state index >= 15 is 0 Å². The Labute approximate surface area is 124 Å². The summed E-state index contributed by atoms with van der Waals surface area (Å²) < 4.78 is 10.3. The lowest BCUT2D eigenvalue weighted by Crippen LogP contribution is -2.02. The summed E-state index contributed by atoms with van der Waals surface area (Å²) in [5.41, 5.74) is 0.176. The van der Waals surface area contributed by atoms with E-state index in [0.717, 1.165) is 19.8 Å². The molecule has 0 aromatic rings. The molecule has 0 heterocycles. The smallest absolute Gasteiger partial charge is 0.330 e. The second kappa shape index (κ2) is 18.1. The Morgan fingerprint density at radius 3 is 1.95 bits per heavy atom. The summed E-state index contributed by atoms with van der Waals surface area (Å²) in [6.07, 6.45) is 9.41. The van der Waals surface area contributed by atoms with Crippen molar-refractivity contribution < 1.29 is 19.4 Å². The molecule has 20 heavy (non-hydrogen) atoms. The average Bonchev–Trinajstić information content (AvgIpc) is 2.41. The van der Waals surface area contributed by atoms with Crippen molar-refractivity contribution in [2.75, 3.05) is 26.9 Å². The van der Waals surface area contributed by atoms with Gasteiger partial charge in [-0.1, -0.05) is 52.0 Å². The molecule has 0 saturated carbocycles. The van der Waals surface area contributed by atoms with E-state index in [1.807, 2.05) is 0 Å². The molecule has 0 radical (unpaired) electrons. The first-order valence-electron chi connectivity index (χ1n) is 7.51. The highest BCUT2D eigenvalue weighted by atomic mass is 16.5. The van der Waals surface area contributed by atoms with E-state index in [0.29, 0.717) is 0 Å². The van der Waals surface area contributed by atoms with Gasteiger partial charge >= 0.3 is 5.97 Å². The third kappa shape index (κ3) is 22.3. The third-order valence-electron chi connectivity index (χ3n) is 2.69. The van der Waals surface area contributed by atoms with E-state index in [-0.39, 0.29) is 5.57 Å². The molecule has 4 nitrogen and oxygen atoms in total. The van der Waals surface area contributed by atoms with Crippen molar-refractivity contribution in [2.24, 2.45) is 0 Å². The normalized spacial score (nSPS) is 9.75. The van der Waals surface area contributed by atoms with Gasteiger partial charge in [0.15, 0.2) is 0 Å². The number of hydrogen-bond donors (Lipinski definition) is 1. The Morgan fingerprint density at radius 2 is 1.50 bits per heavy atom. The third-order valence-corrected chi connectivity index (χ3v) is 2.69. The van der Waals surface area contributed by atoms with Crippen molar-refractivity contribution in [1.82, 2.24) is 0 Å². The van der Waals surface area contributed by atoms with Gasteiger partial charge in [-0.05, 0) is 13.3 Å². The Hall–Kier alpha value is -0.870. The highest BCUT2D eigenvalue weighted by Gasteiger charge is 1.91. The number of rotatable bonds is 12. The monoisotopic (exact) mass is 288 g/mol. The van der Waals surface area contributed by atoms with Crippen LogP contribution in [0.1, 0.15) is 58.8 Å². The van der Waals surface area contributed by atoms with Gasteiger partial charge in [0.25, 0.3) is 0 Å². The molecule has 4 heteroatoms. The van der Waals surface area contributed by atoms with Crippen molar-refractivity contribution in [2.45, 2.75) is 58.8 Å².